The minimum atomic E-state index is -0.643. The molecule has 0 saturated carbocycles. The van der Waals surface area contributed by atoms with E-state index in [1.165, 1.54) is 55.6 Å². The van der Waals surface area contributed by atoms with Crippen molar-refractivity contribution in [3.8, 4) is 67.5 Å². The van der Waals surface area contributed by atoms with Crippen LogP contribution in [0, 0.1) is 0 Å². The number of furan rings is 2. The Kier molecular flexibility index (Phi) is 6.97. The maximum atomic E-state index is 6.40. The molecule has 14 rings (SSSR count). The van der Waals surface area contributed by atoms with Crippen LogP contribution in [0.2, 0.25) is 0 Å². The fourth-order valence-corrected chi connectivity index (χ4v) is 10.9. The largest absolute Gasteiger partial charge is 0.456 e. The highest BCUT2D eigenvalue weighted by Crippen LogP contribution is 2.61. The summed E-state index contributed by atoms with van der Waals surface area (Å²) in [5, 5.41) is 3.96. The highest BCUT2D eigenvalue weighted by molar-refractivity contribution is 6.13. The van der Waals surface area contributed by atoms with Gasteiger partial charge in [-0.3, -0.25) is 0 Å². The van der Waals surface area contributed by atoms with Crippen molar-refractivity contribution in [3.05, 3.63) is 222 Å². The topological polar surface area (TPSA) is 65.0 Å². The summed E-state index contributed by atoms with van der Waals surface area (Å²) in [4.78, 5) is 16.2. The number of benzene rings is 9. The quantitative estimate of drug-likeness (QED) is 0.178. The van der Waals surface area contributed by atoms with Gasteiger partial charge < -0.3 is 8.83 Å². The van der Waals surface area contributed by atoms with Crippen LogP contribution >= 0.6 is 0 Å². The number of hydrogen-bond donors (Lipinski definition) is 0. The Labute approximate surface area is 361 Å². The first-order valence-corrected chi connectivity index (χ1v) is 21.3. The van der Waals surface area contributed by atoms with Gasteiger partial charge in [-0.05, 0) is 86.0 Å². The van der Waals surface area contributed by atoms with E-state index in [0.717, 1.165) is 60.6 Å². The molecule has 0 aliphatic heterocycles. The van der Waals surface area contributed by atoms with Gasteiger partial charge in [-0.25, -0.2) is 15.0 Å². The molecule has 5 nitrogen and oxygen atoms in total. The maximum Gasteiger partial charge on any atom is 0.164 e. The Hall–Kier alpha value is -8.41. The Morgan fingerprint density at radius 3 is 1.19 bits per heavy atom. The molecule has 292 valence electrons. The summed E-state index contributed by atoms with van der Waals surface area (Å²) in [6, 6.07) is 71.1. The van der Waals surface area contributed by atoms with Crippen LogP contribution in [0.1, 0.15) is 22.3 Å². The molecule has 2 aliphatic carbocycles. The van der Waals surface area contributed by atoms with Gasteiger partial charge >= 0.3 is 0 Å². The number of hydrogen-bond acceptors (Lipinski definition) is 5. The van der Waals surface area contributed by atoms with Crippen molar-refractivity contribution in [3.63, 3.8) is 0 Å². The van der Waals surface area contributed by atoms with Gasteiger partial charge in [0.25, 0.3) is 0 Å². The molecule has 0 bridgehead atoms. The van der Waals surface area contributed by atoms with E-state index < -0.39 is 5.41 Å². The third-order valence-corrected chi connectivity index (χ3v) is 13.4. The van der Waals surface area contributed by atoms with Crippen molar-refractivity contribution in [1.29, 1.82) is 0 Å². The minimum absolute atomic E-state index is 0.564. The van der Waals surface area contributed by atoms with Crippen LogP contribution in [0.3, 0.4) is 0 Å². The van der Waals surface area contributed by atoms with Crippen molar-refractivity contribution < 1.29 is 8.83 Å². The molecule has 63 heavy (non-hydrogen) atoms. The van der Waals surface area contributed by atoms with Crippen LogP contribution in [0.5, 0.6) is 0 Å². The Balaban J connectivity index is 1.10. The molecule has 3 aromatic heterocycles. The molecule has 1 spiro atoms. The van der Waals surface area contributed by atoms with Crippen molar-refractivity contribution in [2.45, 2.75) is 5.41 Å². The van der Waals surface area contributed by atoms with E-state index in [1.54, 1.807) is 0 Å². The zero-order valence-electron chi connectivity index (χ0n) is 33.7. The monoisotopic (exact) mass is 803 g/mol. The van der Waals surface area contributed by atoms with E-state index in [-0.39, 0.29) is 0 Å². The van der Waals surface area contributed by atoms with Gasteiger partial charge in [0.15, 0.2) is 17.5 Å². The summed E-state index contributed by atoms with van der Waals surface area (Å²) in [7, 11) is 0. The average molecular weight is 804 g/mol. The van der Waals surface area contributed by atoms with Gasteiger partial charge in [0.1, 0.15) is 22.3 Å². The first-order valence-electron chi connectivity index (χ1n) is 21.3. The van der Waals surface area contributed by atoms with Gasteiger partial charge in [0.05, 0.1) is 5.41 Å². The lowest BCUT2D eigenvalue weighted by atomic mass is 9.65. The van der Waals surface area contributed by atoms with Gasteiger partial charge in [0.2, 0.25) is 0 Å². The Bertz CT molecular complexity index is 3720. The van der Waals surface area contributed by atoms with Crippen LogP contribution in [-0.2, 0) is 5.41 Å². The highest BCUT2D eigenvalue weighted by Gasteiger charge is 2.49. The second-order valence-electron chi connectivity index (χ2n) is 16.6. The van der Waals surface area contributed by atoms with Crippen LogP contribution in [0.4, 0.5) is 0 Å². The lowest BCUT2D eigenvalue weighted by Crippen LogP contribution is -2.29. The molecule has 9 aromatic carbocycles. The van der Waals surface area contributed by atoms with E-state index >= 15 is 0 Å². The van der Waals surface area contributed by atoms with E-state index in [2.05, 4.69) is 140 Å². The number of fused-ring (bicyclic) bond motifs is 18. The molecule has 0 radical (unpaired) electrons. The molecule has 5 heteroatoms. The van der Waals surface area contributed by atoms with Crippen LogP contribution < -0.4 is 0 Å². The Morgan fingerprint density at radius 2 is 0.667 bits per heavy atom. The van der Waals surface area contributed by atoms with E-state index in [4.69, 9.17) is 23.8 Å². The second kappa shape index (κ2) is 12.8. The summed E-state index contributed by atoms with van der Waals surface area (Å²) in [5.74, 6) is 1.70. The second-order valence-corrected chi connectivity index (χ2v) is 16.6. The van der Waals surface area contributed by atoms with Gasteiger partial charge in [-0.1, -0.05) is 170 Å². The standard InChI is InChI=1S/C58H33N3O2/c1-2-16-36-35(15-1)37-17-3-8-24-45(37)58(46-25-9-4-18-38(46)39-19-5-10-26-47(39)58)48-33-34(31-32-40(36)48)55-59-56(43-22-13-29-51-53(43)41-20-6-11-27-49(41)62-51)61-57(60-55)44-23-14-30-52-54(44)42-21-7-12-28-50(42)63-52/h1-33H. The molecule has 0 atom stereocenters. The van der Waals surface area contributed by atoms with E-state index in [1.807, 2.05) is 60.7 Å². The summed E-state index contributed by atoms with van der Waals surface area (Å²) in [6.07, 6.45) is 0. The predicted molar refractivity (Wildman–Crippen MR) is 252 cm³/mol. The molecular weight excluding hydrogens is 771 g/mol. The molecule has 0 N–H and O–H groups in total. The summed E-state index contributed by atoms with van der Waals surface area (Å²) < 4.78 is 12.8. The predicted octanol–water partition coefficient (Wildman–Crippen LogP) is 14.7. The van der Waals surface area contributed by atoms with Gasteiger partial charge in [-0.2, -0.15) is 0 Å². The van der Waals surface area contributed by atoms with E-state index in [0.29, 0.717) is 17.5 Å². The number of para-hydroxylation sites is 2. The normalized spacial score (nSPS) is 13.2. The maximum absolute atomic E-state index is 6.40. The fourth-order valence-electron chi connectivity index (χ4n) is 10.9. The lowest BCUT2D eigenvalue weighted by molar-refractivity contribution is 0.668. The SMILES string of the molecule is c1ccc2c(c1)-c1ccccc1C1(c3cc(-c4nc(-c5cccc6oc7ccccc7c56)nc(-c5cccc6oc7ccccc7c56)n4)ccc3-2)c2ccccc2-c2ccccc21. The fraction of sp³-hybridized carbons (Fsp3) is 0.0172. The van der Waals surface area contributed by atoms with E-state index in [9.17, 15) is 0 Å². The number of rotatable bonds is 3. The molecule has 0 fully saturated rings. The molecule has 2 aliphatic rings. The Morgan fingerprint density at radius 1 is 0.286 bits per heavy atom. The molecule has 0 saturated heterocycles. The van der Waals surface area contributed by atoms with Crippen LogP contribution in [0.25, 0.3) is 111 Å². The third-order valence-electron chi connectivity index (χ3n) is 13.4. The number of aromatic nitrogens is 3. The molecule has 12 aromatic rings. The van der Waals surface area contributed by atoms with Crippen molar-refractivity contribution in [2.24, 2.45) is 0 Å². The zero-order valence-corrected chi connectivity index (χ0v) is 33.7. The highest BCUT2D eigenvalue weighted by atomic mass is 16.3. The first kappa shape index (κ1) is 34.3. The summed E-state index contributed by atoms with van der Waals surface area (Å²) in [6.45, 7) is 0. The van der Waals surface area contributed by atoms with Crippen molar-refractivity contribution in [1.82, 2.24) is 15.0 Å². The zero-order chi connectivity index (χ0) is 41.2. The lowest BCUT2D eigenvalue weighted by Gasteiger charge is -2.35. The number of nitrogens with zero attached hydrogens (tertiary/aromatic N) is 3. The molecule has 3 heterocycles. The van der Waals surface area contributed by atoms with Gasteiger partial charge in [-0.15, -0.1) is 0 Å². The average Bonchev–Trinajstić information content (AvgIpc) is 4.00. The first-order chi connectivity index (χ1) is 31.2. The summed E-state index contributed by atoms with van der Waals surface area (Å²) in [5.41, 5.74) is 17.5. The smallest absolute Gasteiger partial charge is 0.164 e. The molecular formula is C58H33N3O2. The van der Waals surface area contributed by atoms with Gasteiger partial charge in [0, 0.05) is 38.2 Å². The third kappa shape index (κ3) is 4.68. The molecule has 0 amide bonds. The van der Waals surface area contributed by atoms with Crippen LogP contribution in [-0.4, -0.2) is 15.0 Å². The minimum Gasteiger partial charge on any atom is -0.456 e. The van der Waals surface area contributed by atoms with Crippen molar-refractivity contribution in [2.75, 3.05) is 0 Å². The summed E-state index contributed by atoms with van der Waals surface area (Å²) >= 11 is 0. The van der Waals surface area contributed by atoms with Crippen LogP contribution in [0.15, 0.2) is 209 Å². The molecule has 0 unspecified atom stereocenters. The van der Waals surface area contributed by atoms with Crippen molar-refractivity contribution >= 4 is 43.9 Å².